The predicted molar refractivity (Wildman–Crippen MR) is 109 cm³/mol. The van der Waals surface area contributed by atoms with E-state index in [1.165, 1.54) is 18.2 Å². The number of ether oxygens (including phenoxy) is 2. The number of esters is 2. The summed E-state index contributed by atoms with van der Waals surface area (Å²) in [4.78, 5) is 35.2. The standard InChI is InChI=1S/C21H24N2O7/c1-5-28-20(24)18-13(3)22-14(4)19(21(25)29-6-2)16(18)10-8-7-9-15-11-12-17(30-15)23(26)27/h7-12,16,22H,5-6H2,1-4H3/b9-7+,10-8+. The van der Waals surface area contributed by atoms with Crippen LogP contribution < -0.4 is 5.32 Å². The van der Waals surface area contributed by atoms with Gasteiger partial charge in [-0.3, -0.25) is 10.1 Å². The second-order valence-electron chi connectivity index (χ2n) is 6.30. The summed E-state index contributed by atoms with van der Waals surface area (Å²) in [5.74, 6) is -1.80. The molecule has 2 heterocycles. The normalized spacial score (nSPS) is 15.1. The molecule has 9 nitrogen and oxygen atoms in total. The van der Waals surface area contributed by atoms with Crippen molar-refractivity contribution in [2.24, 2.45) is 5.92 Å². The van der Waals surface area contributed by atoms with Crippen LogP contribution in [0.15, 0.2) is 57.3 Å². The lowest BCUT2D eigenvalue weighted by Gasteiger charge is -2.28. The first-order valence-corrected chi connectivity index (χ1v) is 9.42. The van der Waals surface area contributed by atoms with E-state index in [9.17, 15) is 19.7 Å². The first-order valence-electron chi connectivity index (χ1n) is 9.42. The third-order valence-corrected chi connectivity index (χ3v) is 4.26. The van der Waals surface area contributed by atoms with Crippen LogP contribution in [0.4, 0.5) is 5.88 Å². The van der Waals surface area contributed by atoms with Crippen LogP contribution in [-0.2, 0) is 19.1 Å². The van der Waals surface area contributed by atoms with Gasteiger partial charge in [-0.15, -0.1) is 0 Å². The van der Waals surface area contributed by atoms with Crippen LogP contribution in [0, 0.1) is 16.0 Å². The molecule has 0 atom stereocenters. The zero-order valence-corrected chi connectivity index (χ0v) is 17.3. The maximum atomic E-state index is 12.5. The minimum atomic E-state index is -0.681. The molecule has 1 aliphatic rings. The van der Waals surface area contributed by atoms with E-state index in [0.29, 0.717) is 28.3 Å². The summed E-state index contributed by atoms with van der Waals surface area (Å²) in [6.45, 7) is 7.26. The van der Waals surface area contributed by atoms with E-state index in [-0.39, 0.29) is 19.1 Å². The first-order chi connectivity index (χ1) is 14.3. The lowest BCUT2D eigenvalue weighted by Crippen LogP contribution is -2.32. The van der Waals surface area contributed by atoms with Gasteiger partial charge in [0, 0.05) is 17.3 Å². The highest BCUT2D eigenvalue weighted by Gasteiger charge is 2.35. The summed E-state index contributed by atoms with van der Waals surface area (Å²) in [6.07, 6.45) is 6.43. The summed E-state index contributed by atoms with van der Waals surface area (Å²) < 4.78 is 15.4. The number of nitrogens with one attached hydrogen (secondary N) is 1. The summed E-state index contributed by atoms with van der Waals surface area (Å²) in [5.41, 5.74) is 1.78. The van der Waals surface area contributed by atoms with E-state index in [0.717, 1.165) is 0 Å². The van der Waals surface area contributed by atoms with Crippen LogP contribution in [-0.4, -0.2) is 30.1 Å². The quantitative estimate of drug-likeness (QED) is 0.295. The highest BCUT2D eigenvalue weighted by Crippen LogP contribution is 2.32. The fourth-order valence-corrected chi connectivity index (χ4v) is 3.05. The average Bonchev–Trinajstić information content (AvgIpc) is 3.14. The van der Waals surface area contributed by atoms with E-state index in [1.807, 2.05) is 0 Å². The summed E-state index contributed by atoms with van der Waals surface area (Å²) in [7, 11) is 0. The Balaban J connectivity index is 2.36. The van der Waals surface area contributed by atoms with Crippen molar-refractivity contribution in [3.05, 3.63) is 68.8 Å². The molecule has 0 aliphatic carbocycles. The minimum Gasteiger partial charge on any atom is -0.463 e. The lowest BCUT2D eigenvalue weighted by molar-refractivity contribution is -0.402. The van der Waals surface area contributed by atoms with Gasteiger partial charge in [0.05, 0.1) is 30.4 Å². The van der Waals surface area contributed by atoms with Gasteiger partial charge in [-0.1, -0.05) is 18.2 Å². The van der Waals surface area contributed by atoms with Gasteiger partial charge in [-0.05, 0) is 39.8 Å². The van der Waals surface area contributed by atoms with Crippen molar-refractivity contribution in [1.82, 2.24) is 5.32 Å². The van der Waals surface area contributed by atoms with Crippen LogP contribution in [0.5, 0.6) is 0 Å². The molecular formula is C21H24N2O7. The SMILES string of the molecule is CCOC(=O)C1=C(C)NC(C)=C(C(=O)OCC)C1/C=C/C=C/c1ccc([N+](=O)[O-])o1. The van der Waals surface area contributed by atoms with Crippen molar-refractivity contribution in [2.75, 3.05) is 13.2 Å². The van der Waals surface area contributed by atoms with Crippen LogP contribution in [0.1, 0.15) is 33.5 Å². The number of nitro groups is 1. The summed E-state index contributed by atoms with van der Waals surface area (Å²) in [6, 6.07) is 2.72. The molecular weight excluding hydrogens is 392 g/mol. The zero-order chi connectivity index (χ0) is 22.3. The highest BCUT2D eigenvalue weighted by molar-refractivity contribution is 5.98. The minimum absolute atomic E-state index is 0.195. The Morgan fingerprint density at radius 2 is 1.67 bits per heavy atom. The van der Waals surface area contributed by atoms with E-state index < -0.39 is 22.8 Å². The molecule has 1 aromatic rings. The second-order valence-corrected chi connectivity index (χ2v) is 6.30. The summed E-state index contributed by atoms with van der Waals surface area (Å²) >= 11 is 0. The van der Waals surface area contributed by atoms with Gasteiger partial charge >= 0.3 is 17.8 Å². The monoisotopic (exact) mass is 416 g/mol. The second kappa shape index (κ2) is 10.2. The van der Waals surface area contributed by atoms with Crippen LogP contribution in [0.25, 0.3) is 6.08 Å². The Morgan fingerprint density at radius 1 is 1.10 bits per heavy atom. The smallest absolute Gasteiger partial charge is 0.433 e. The van der Waals surface area contributed by atoms with E-state index in [1.54, 1.807) is 45.9 Å². The number of carbonyl (C=O) groups excluding carboxylic acids is 2. The maximum Gasteiger partial charge on any atom is 0.433 e. The number of nitrogens with zero attached hydrogens (tertiary/aromatic N) is 1. The maximum absolute atomic E-state index is 12.5. The molecule has 1 aromatic heterocycles. The predicted octanol–water partition coefficient (Wildman–Crippen LogP) is 3.65. The van der Waals surface area contributed by atoms with Crippen molar-refractivity contribution in [3.8, 4) is 0 Å². The summed E-state index contributed by atoms with van der Waals surface area (Å²) in [5, 5.41) is 13.7. The van der Waals surface area contributed by atoms with Gasteiger partial charge < -0.3 is 19.2 Å². The molecule has 0 spiro atoms. The third-order valence-electron chi connectivity index (χ3n) is 4.26. The van der Waals surface area contributed by atoms with Gasteiger partial charge in [-0.25, -0.2) is 9.59 Å². The lowest BCUT2D eigenvalue weighted by atomic mass is 9.85. The number of furan rings is 1. The Kier molecular flexibility index (Phi) is 7.74. The van der Waals surface area contributed by atoms with Crippen molar-refractivity contribution < 1.29 is 28.4 Å². The number of allylic oxidation sites excluding steroid dienone is 5. The molecule has 1 aliphatic heterocycles. The Bertz CT molecular complexity index is 910. The number of hydrogen-bond donors (Lipinski definition) is 1. The molecule has 0 bridgehead atoms. The Labute approximate surface area is 173 Å². The molecule has 0 aromatic carbocycles. The molecule has 30 heavy (non-hydrogen) atoms. The topological polar surface area (TPSA) is 121 Å². The highest BCUT2D eigenvalue weighted by atomic mass is 16.6. The van der Waals surface area contributed by atoms with E-state index >= 15 is 0 Å². The fraction of sp³-hybridized carbons (Fsp3) is 0.333. The molecule has 9 heteroatoms. The van der Waals surface area contributed by atoms with Crippen LogP contribution >= 0.6 is 0 Å². The van der Waals surface area contributed by atoms with Gasteiger partial charge in [0.15, 0.2) is 0 Å². The fourth-order valence-electron chi connectivity index (χ4n) is 3.05. The van der Waals surface area contributed by atoms with Crippen molar-refractivity contribution >= 4 is 23.9 Å². The average molecular weight is 416 g/mol. The molecule has 0 saturated heterocycles. The number of dihydropyridines is 1. The third kappa shape index (κ3) is 5.25. The van der Waals surface area contributed by atoms with Crippen molar-refractivity contribution in [3.63, 3.8) is 0 Å². The van der Waals surface area contributed by atoms with Gasteiger partial charge in [0.2, 0.25) is 0 Å². The molecule has 0 radical (unpaired) electrons. The van der Waals surface area contributed by atoms with Gasteiger partial charge in [0.1, 0.15) is 10.7 Å². The number of rotatable bonds is 8. The molecule has 0 saturated carbocycles. The van der Waals surface area contributed by atoms with Gasteiger partial charge in [-0.2, -0.15) is 0 Å². The first kappa shape index (κ1) is 22.7. The number of carbonyl (C=O) groups is 2. The van der Waals surface area contributed by atoms with Gasteiger partial charge in [0.25, 0.3) is 0 Å². The van der Waals surface area contributed by atoms with E-state index in [4.69, 9.17) is 13.9 Å². The molecule has 1 N–H and O–H groups in total. The number of hydrogen-bond acceptors (Lipinski definition) is 8. The zero-order valence-electron chi connectivity index (χ0n) is 17.3. The molecule has 160 valence electrons. The van der Waals surface area contributed by atoms with E-state index in [2.05, 4.69) is 5.32 Å². The molecule has 0 unspecified atom stereocenters. The van der Waals surface area contributed by atoms with Crippen LogP contribution in [0.3, 0.4) is 0 Å². The van der Waals surface area contributed by atoms with Crippen molar-refractivity contribution in [1.29, 1.82) is 0 Å². The Hall–Kier alpha value is -3.62. The molecule has 0 amide bonds. The molecule has 0 fully saturated rings. The largest absolute Gasteiger partial charge is 0.463 e. The Morgan fingerprint density at radius 3 is 2.13 bits per heavy atom. The van der Waals surface area contributed by atoms with Crippen LogP contribution in [0.2, 0.25) is 0 Å². The molecule has 2 rings (SSSR count). The van der Waals surface area contributed by atoms with Crippen molar-refractivity contribution in [2.45, 2.75) is 27.7 Å².